The van der Waals surface area contributed by atoms with E-state index in [2.05, 4.69) is 11.4 Å². The molecule has 4 rings (SSSR count). The summed E-state index contributed by atoms with van der Waals surface area (Å²) >= 11 is 0. The predicted molar refractivity (Wildman–Crippen MR) is 85.8 cm³/mol. The first-order valence-corrected chi connectivity index (χ1v) is 8.05. The van der Waals surface area contributed by atoms with E-state index in [1.54, 1.807) is 6.07 Å². The Morgan fingerprint density at radius 1 is 1.13 bits per heavy atom. The summed E-state index contributed by atoms with van der Waals surface area (Å²) in [7, 11) is 1.91. The van der Waals surface area contributed by atoms with Gasteiger partial charge in [0.15, 0.2) is 0 Å². The molecule has 1 aliphatic carbocycles. The minimum Gasteiger partial charge on any atom is -0.384 e. The number of fused-ring (bicyclic) bond motifs is 5. The zero-order valence-electron chi connectivity index (χ0n) is 13.0. The van der Waals surface area contributed by atoms with E-state index >= 15 is 0 Å². The van der Waals surface area contributed by atoms with Gasteiger partial charge >= 0.3 is 0 Å². The van der Waals surface area contributed by atoms with E-state index in [0.717, 1.165) is 35.2 Å². The molecule has 2 aromatic carbocycles. The molecule has 0 amide bonds. The number of hydrogen-bond acceptors (Lipinski definition) is 3. The van der Waals surface area contributed by atoms with Crippen LogP contribution in [0.15, 0.2) is 42.5 Å². The van der Waals surface area contributed by atoms with Crippen molar-refractivity contribution >= 4 is 0 Å². The quantitative estimate of drug-likeness (QED) is 0.895. The molecule has 3 nitrogen and oxygen atoms in total. The number of hydrogen-bond donors (Lipinski definition) is 2. The molecule has 1 saturated heterocycles. The summed E-state index contributed by atoms with van der Waals surface area (Å²) < 4.78 is 20.1. The van der Waals surface area contributed by atoms with Crippen molar-refractivity contribution in [3.63, 3.8) is 0 Å². The molecule has 1 fully saturated rings. The van der Waals surface area contributed by atoms with Crippen LogP contribution >= 0.6 is 0 Å². The van der Waals surface area contributed by atoms with Gasteiger partial charge in [0.05, 0.1) is 12.2 Å². The van der Waals surface area contributed by atoms with E-state index in [-0.39, 0.29) is 23.9 Å². The fourth-order valence-corrected chi connectivity index (χ4v) is 4.01. The Labute approximate surface area is 135 Å². The minimum absolute atomic E-state index is 0.0921. The van der Waals surface area contributed by atoms with Gasteiger partial charge in [0.1, 0.15) is 11.9 Å². The lowest BCUT2D eigenvalue weighted by atomic mass is 9.87. The average molecular weight is 313 g/mol. The average Bonchev–Trinajstić information content (AvgIpc) is 2.95. The highest BCUT2D eigenvalue weighted by molar-refractivity contribution is 5.47. The molecule has 0 bridgehead atoms. The molecule has 4 heteroatoms. The van der Waals surface area contributed by atoms with Crippen LogP contribution in [-0.4, -0.2) is 24.8 Å². The third-order valence-electron chi connectivity index (χ3n) is 4.99. The van der Waals surface area contributed by atoms with Crippen LogP contribution in [0.3, 0.4) is 0 Å². The van der Waals surface area contributed by atoms with Crippen LogP contribution in [0.1, 0.15) is 46.8 Å². The number of nitrogens with one attached hydrogen (secondary N) is 1. The second kappa shape index (κ2) is 5.71. The van der Waals surface area contributed by atoms with Crippen LogP contribution in [-0.2, 0) is 4.74 Å². The molecule has 2 aliphatic rings. The maximum atomic E-state index is 13.8. The number of halogens is 1. The lowest BCUT2D eigenvalue weighted by molar-refractivity contribution is 0.0412. The predicted octanol–water partition coefficient (Wildman–Crippen LogP) is 3.05. The Balaban J connectivity index is 1.89. The fraction of sp³-hybridized carbons (Fsp3) is 0.368. The summed E-state index contributed by atoms with van der Waals surface area (Å²) in [6.45, 7) is 0.766. The Morgan fingerprint density at radius 2 is 1.87 bits per heavy atom. The molecule has 23 heavy (non-hydrogen) atoms. The Bertz CT molecular complexity index is 733. The molecule has 0 radical (unpaired) electrons. The number of aliphatic hydroxyl groups excluding tert-OH is 1. The monoisotopic (exact) mass is 313 g/mol. The second-order valence-corrected chi connectivity index (χ2v) is 6.38. The van der Waals surface area contributed by atoms with Gasteiger partial charge in [-0.05, 0) is 47.9 Å². The normalized spacial score (nSPS) is 28.7. The van der Waals surface area contributed by atoms with E-state index in [1.807, 2.05) is 25.2 Å². The number of aliphatic hydroxyl groups is 1. The zero-order chi connectivity index (χ0) is 16.0. The van der Waals surface area contributed by atoms with E-state index in [4.69, 9.17) is 4.74 Å². The second-order valence-electron chi connectivity index (χ2n) is 6.38. The van der Waals surface area contributed by atoms with Gasteiger partial charge in [-0.1, -0.05) is 30.3 Å². The highest BCUT2D eigenvalue weighted by atomic mass is 19.1. The molecule has 0 unspecified atom stereocenters. The van der Waals surface area contributed by atoms with E-state index in [9.17, 15) is 9.50 Å². The standard InChI is InChI=1S/C19H20FNO2/c1-21-10-12-9-17-13-4-2-3-5-14(13)18(22)15-7-6-11(20)8-16(15)19(17)23-12/h2-8,12,17-19,21-22H,9-10H2,1H3/t12-,17-,18-,19-/m1/s1. The smallest absolute Gasteiger partial charge is 0.123 e. The van der Waals surface area contributed by atoms with Gasteiger partial charge in [0, 0.05) is 12.5 Å². The summed E-state index contributed by atoms with van der Waals surface area (Å²) in [5.41, 5.74) is 3.54. The van der Waals surface area contributed by atoms with Crippen molar-refractivity contribution in [1.82, 2.24) is 5.32 Å². The van der Waals surface area contributed by atoms with Crippen molar-refractivity contribution < 1.29 is 14.2 Å². The third kappa shape index (κ3) is 2.38. The van der Waals surface area contributed by atoms with Gasteiger partial charge in [-0.2, -0.15) is 0 Å². The number of benzene rings is 2. The molecule has 0 saturated carbocycles. The highest BCUT2D eigenvalue weighted by Crippen LogP contribution is 2.51. The first-order chi connectivity index (χ1) is 11.2. The molecular weight excluding hydrogens is 293 g/mol. The number of rotatable bonds is 2. The number of likely N-dealkylation sites (N-methyl/N-ethyl adjacent to an activating group) is 1. The van der Waals surface area contributed by atoms with Crippen molar-refractivity contribution in [2.45, 2.75) is 30.7 Å². The lowest BCUT2D eigenvalue weighted by Crippen LogP contribution is -2.23. The third-order valence-corrected chi connectivity index (χ3v) is 4.99. The fourth-order valence-electron chi connectivity index (χ4n) is 4.01. The Hall–Kier alpha value is -1.75. The Kier molecular flexibility index (Phi) is 3.68. The SMILES string of the molecule is CNC[C@H]1C[C@@H]2c3ccccc3[C@@H](O)c3ccc(F)cc3[C@H]2O1. The zero-order valence-corrected chi connectivity index (χ0v) is 13.0. The van der Waals surface area contributed by atoms with Gasteiger partial charge < -0.3 is 15.2 Å². The Morgan fingerprint density at radius 3 is 2.65 bits per heavy atom. The van der Waals surface area contributed by atoms with Crippen molar-refractivity contribution in [2.75, 3.05) is 13.6 Å². The van der Waals surface area contributed by atoms with Gasteiger partial charge in [0.25, 0.3) is 0 Å². The summed E-state index contributed by atoms with van der Waals surface area (Å²) in [4.78, 5) is 0. The first-order valence-electron chi connectivity index (χ1n) is 8.05. The minimum atomic E-state index is -0.737. The molecule has 2 aromatic rings. The molecule has 1 aliphatic heterocycles. The highest BCUT2D eigenvalue weighted by Gasteiger charge is 2.42. The van der Waals surface area contributed by atoms with Crippen molar-refractivity contribution in [3.8, 4) is 0 Å². The maximum absolute atomic E-state index is 13.8. The van der Waals surface area contributed by atoms with Gasteiger partial charge in [-0.3, -0.25) is 0 Å². The van der Waals surface area contributed by atoms with Crippen LogP contribution in [0.2, 0.25) is 0 Å². The van der Waals surface area contributed by atoms with Gasteiger partial charge in [0.2, 0.25) is 0 Å². The molecule has 4 atom stereocenters. The first kappa shape index (κ1) is 14.8. The topological polar surface area (TPSA) is 41.5 Å². The van der Waals surface area contributed by atoms with E-state index < -0.39 is 6.10 Å². The molecular formula is C19H20FNO2. The lowest BCUT2D eigenvalue weighted by Gasteiger charge is -2.19. The van der Waals surface area contributed by atoms with Gasteiger partial charge in [-0.15, -0.1) is 0 Å². The largest absolute Gasteiger partial charge is 0.384 e. The summed E-state index contributed by atoms with van der Waals surface area (Å²) in [5, 5.41) is 14.0. The van der Waals surface area contributed by atoms with Crippen LogP contribution in [0, 0.1) is 5.82 Å². The van der Waals surface area contributed by atoms with Crippen molar-refractivity contribution in [2.24, 2.45) is 0 Å². The summed E-state index contributed by atoms with van der Waals surface area (Å²) in [5.74, 6) is -0.149. The van der Waals surface area contributed by atoms with Crippen LogP contribution in [0.4, 0.5) is 4.39 Å². The van der Waals surface area contributed by atoms with E-state index in [1.165, 1.54) is 12.1 Å². The molecule has 2 N–H and O–H groups in total. The van der Waals surface area contributed by atoms with Crippen molar-refractivity contribution in [3.05, 3.63) is 70.5 Å². The van der Waals surface area contributed by atoms with E-state index in [0.29, 0.717) is 0 Å². The molecule has 0 spiro atoms. The van der Waals surface area contributed by atoms with Crippen LogP contribution in [0.5, 0.6) is 0 Å². The molecule has 120 valence electrons. The maximum Gasteiger partial charge on any atom is 0.123 e. The van der Waals surface area contributed by atoms with Crippen LogP contribution < -0.4 is 5.32 Å². The molecule has 0 aromatic heterocycles. The van der Waals surface area contributed by atoms with Crippen LogP contribution in [0.25, 0.3) is 0 Å². The number of ether oxygens (including phenoxy) is 1. The van der Waals surface area contributed by atoms with Crippen molar-refractivity contribution in [1.29, 1.82) is 0 Å². The summed E-state index contributed by atoms with van der Waals surface area (Å²) in [6, 6.07) is 12.6. The summed E-state index contributed by atoms with van der Waals surface area (Å²) in [6.07, 6.45) is 0.0103. The van der Waals surface area contributed by atoms with Gasteiger partial charge in [-0.25, -0.2) is 4.39 Å². The molecule has 1 heterocycles.